The summed E-state index contributed by atoms with van der Waals surface area (Å²) in [6, 6.07) is 0. The van der Waals surface area contributed by atoms with Gasteiger partial charge in [0, 0.05) is 0 Å². The van der Waals surface area contributed by atoms with Gasteiger partial charge >= 0.3 is 5.97 Å². The van der Waals surface area contributed by atoms with Crippen LogP contribution in [0, 0.1) is 0 Å². The Morgan fingerprint density at radius 3 is 2.00 bits per heavy atom. The minimum atomic E-state index is -2.69. The molecule has 5 nitrogen and oxygen atoms in total. The van der Waals surface area contributed by atoms with E-state index >= 15 is 0 Å². The van der Waals surface area contributed by atoms with Gasteiger partial charge in [-0.05, 0) is 38.8 Å². The molecule has 0 aromatic carbocycles. The molecular weight excluding hydrogens is 194 g/mol. The van der Waals surface area contributed by atoms with Crippen molar-refractivity contribution in [2.24, 2.45) is 5.73 Å². The largest absolute Gasteiger partial charge is 0.770 e. The Morgan fingerprint density at radius 1 is 1.38 bits per heavy atom. The lowest BCUT2D eigenvalue weighted by Gasteiger charge is -2.29. The molecular formula is C7H14NO4S-. The summed E-state index contributed by atoms with van der Waals surface area (Å²) in [5.41, 5.74) is 4.48. The van der Waals surface area contributed by atoms with Gasteiger partial charge in [0.15, 0.2) is 4.87 Å². The summed E-state index contributed by atoms with van der Waals surface area (Å²) >= 11 is -2.69. The normalized spacial score (nSPS) is 18.9. The zero-order valence-corrected chi connectivity index (χ0v) is 8.94. The molecule has 6 heteroatoms. The number of rotatable bonds is 2. The van der Waals surface area contributed by atoms with Gasteiger partial charge in [-0.15, -0.1) is 0 Å². The predicted octanol–water partition coefficient (Wildman–Crippen LogP) is -0.118. The molecule has 0 heterocycles. The highest BCUT2D eigenvalue weighted by Crippen LogP contribution is 2.14. The average Bonchev–Trinajstić information content (AvgIpc) is 1.82. The molecule has 0 aliphatic heterocycles. The van der Waals surface area contributed by atoms with Gasteiger partial charge in [-0.2, -0.15) is 0 Å². The number of hydrogen-bond acceptors (Lipinski definition) is 5. The molecule has 78 valence electrons. The molecule has 0 saturated heterocycles. The van der Waals surface area contributed by atoms with E-state index in [2.05, 4.69) is 0 Å². The Labute approximate surface area is 79.9 Å². The SMILES string of the molecule is CC(C)(C)OC(=O)C(C)(N)S(=O)[O-]. The summed E-state index contributed by atoms with van der Waals surface area (Å²) < 4.78 is 25.9. The first-order valence-electron chi connectivity index (χ1n) is 3.69. The van der Waals surface area contributed by atoms with Gasteiger partial charge in [0.1, 0.15) is 5.60 Å². The first-order valence-corrected chi connectivity index (χ1v) is 4.76. The predicted molar refractivity (Wildman–Crippen MR) is 47.4 cm³/mol. The summed E-state index contributed by atoms with van der Waals surface area (Å²) in [6.07, 6.45) is 0. The van der Waals surface area contributed by atoms with E-state index in [0.29, 0.717) is 0 Å². The zero-order valence-electron chi connectivity index (χ0n) is 8.12. The van der Waals surface area contributed by atoms with Crippen LogP contribution in [0.1, 0.15) is 27.7 Å². The van der Waals surface area contributed by atoms with E-state index in [0.717, 1.165) is 6.92 Å². The van der Waals surface area contributed by atoms with Crippen molar-refractivity contribution >= 4 is 17.0 Å². The van der Waals surface area contributed by atoms with E-state index < -0.39 is 27.5 Å². The Morgan fingerprint density at radius 2 is 1.77 bits per heavy atom. The highest BCUT2D eigenvalue weighted by Gasteiger charge is 2.34. The van der Waals surface area contributed by atoms with Crippen molar-refractivity contribution in [1.29, 1.82) is 0 Å². The van der Waals surface area contributed by atoms with Crippen molar-refractivity contribution in [3.8, 4) is 0 Å². The molecule has 2 N–H and O–H groups in total. The topological polar surface area (TPSA) is 92.5 Å². The molecule has 0 spiro atoms. The smallest absolute Gasteiger partial charge is 0.338 e. The van der Waals surface area contributed by atoms with Crippen molar-refractivity contribution in [1.82, 2.24) is 0 Å². The molecule has 2 unspecified atom stereocenters. The van der Waals surface area contributed by atoms with E-state index in [1.54, 1.807) is 20.8 Å². The van der Waals surface area contributed by atoms with Gasteiger partial charge in [-0.1, -0.05) is 0 Å². The Kier molecular flexibility index (Phi) is 3.60. The van der Waals surface area contributed by atoms with Gasteiger partial charge in [0.05, 0.1) is 0 Å². The molecule has 0 radical (unpaired) electrons. The van der Waals surface area contributed by atoms with Crippen LogP contribution in [0.3, 0.4) is 0 Å². The maximum absolute atomic E-state index is 11.2. The molecule has 0 fully saturated rings. The number of carbonyl (C=O) groups is 1. The number of esters is 1. The second kappa shape index (κ2) is 3.73. The first kappa shape index (κ1) is 12.5. The first-order chi connectivity index (χ1) is 5.57. The van der Waals surface area contributed by atoms with E-state index in [1.807, 2.05) is 0 Å². The Hall–Kier alpha value is -0.460. The molecule has 0 bridgehead atoms. The maximum Gasteiger partial charge on any atom is 0.338 e. The lowest BCUT2D eigenvalue weighted by atomic mass is 10.2. The zero-order chi connectivity index (χ0) is 10.9. The molecule has 0 saturated carbocycles. The second-order valence-corrected chi connectivity index (χ2v) is 5.16. The van der Waals surface area contributed by atoms with Crippen molar-refractivity contribution in [3.05, 3.63) is 0 Å². The van der Waals surface area contributed by atoms with Gasteiger partial charge in [-0.3, -0.25) is 4.21 Å². The van der Waals surface area contributed by atoms with Crippen molar-refractivity contribution < 1.29 is 18.3 Å². The van der Waals surface area contributed by atoms with Crippen LogP contribution in [0.15, 0.2) is 0 Å². The second-order valence-electron chi connectivity index (χ2n) is 3.84. The van der Waals surface area contributed by atoms with E-state index in [1.165, 1.54) is 0 Å². The van der Waals surface area contributed by atoms with Crippen LogP contribution < -0.4 is 5.73 Å². The quantitative estimate of drug-likeness (QED) is 0.504. The monoisotopic (exact) mass is 208 g/mol. The summed E-state index contributed by atoms with van der Waals surface area (Å²) in [7, 11) is 0. The minimum absolute atomic E-state index is 0.739. The van der Waals surface area contributed by atoms with Gasteiger partial charge in [-0.25, -0.2) is 4.79 Å². The number of nitrogens with two attached hydrogens (primary N) is 1. The maximum atomic E-state index is 11.2. The van der Waals surface area contributed by atoms with Crippen LogP contribution in [0.2, 0.25) is 0 Å². The number of ether oxygens (including phenoxy) is 1. The molecule has 2 atom stereocenters. The summed E-state index contributed by atoms with van der Waals surface area (Å²) in [5.74, 6) is -0.951. The molecule has 0 aliphatic rings. The number of carbonyl (C=O) groups excluding carboxylic acids is 1. The third-order valence-corrected chi connectivity index (χ3v) is 2.01. The Bertz CT molecular complexity index is 231. The van der Waals surface area contributed by atoms with E-state index in [9.17, 15) is 13.6 Å². The summed E-state index contributed by atoms with van der Waals surface area (Å²) in [4.78, 5) is 9.20. The van der Waals surface area contributed by atoms with Crippen LogP contribution in [0.5, 0.6) is 0 Å². The van der Waals surface area contributed by atoms with Crippen LogP contribution in [-0.2, 0) is 20.6 Å². The van der Waals surface area contributed by atoms with E-state index in [4.69, 9.17) is 10.5 Å². The van der Waals surface area contributed by atoms with Crippen molar-refractivity contribution in [2.45, 2.75) is 38.2 Å². The third-order valence-electron chi connectivity index (χ3n) is 1.15. The fourth-order valence-corrected chi connectivity index (χ4v) is 0.625. The molecule has 0 rings (SSSR count). The van der Waals surface area contributed by atoms with Gasteiger partial charge < -0.3 is 15.0 Å². The number of hydrogen-bond donors (Lipinski definition) is 1. The van der Waals surface area contributed by atoms with Crippen molar-refractivity contribution in [3.63, 3.8) is 0 Å². The summed E-state index contributed by atoms with van der Waals surface area (Å²) in [6.45, 7) is 5.99. The fraction of sp³-hybridized carbons (Fsp3) is 0.857. The average molecular weight is 208 g/mol. The molecule has 0 aromatic heterocycles. The Balaban J connectivity index is 4.53. The van der Waals surface area contributed by atoms with Gasteiger partial charge in [0.2, 0.25) is 0 Å². The molecule has 0 amide bonds. The van der Waals surface area contributed by atoms with Gasteiger partial charge in [0.25, 0.3) is 0 Å². The standard InChI is InChI=1S/C7H15NO4S/c1-6(2,3)12-5(9)7(4,8)13(10)11/h8H2,1-4H3,(H,10,11)/p-1. The lowest BCUT2D eigenvalue weighted by molar-refractivity contribution is -0.157. The van der Waals surface area contributed by atoms with Crippen molar-refractivity contribution in [2.75, 3.05) is 0 Å². The van der Waals surface area contributed by atoms with E-state index in [-0.39, 0.29) is 0 Å². The lowest BCUT2D eigenvalue weighted by Crippen LogP contribution is -2.51. The molecule has 13 heavy (non-hydrogen) atoms. The fourth-order valence-electron chi connectivity index (χ4n) is 0.447. The van der Waals surface area contributed by atoms with Crippen LogP contribution in [-0.4, -0.2) is 25.2 Å². The minimum Gasteiger partial charge on any atom is -0.770 e. The third kappa shape index (κ3) is 3.84. The summed E-state index contributed by atoms with van der Waals surface area (Å²) in [5, 5.41) is 0. The molecule has 0 aromatic rings. The molecule has 0 aliphatic carbocycles. The van der Waals surface area contributed by atoms with Crippen LogP contribution in [0.4, 0.5) is 0 Å². The van der Waals surface area contributed by atoms with Crippen LogP contribution >= 0.6 is 0 Å². The van der Waals surface area contributed by atoms with Crippen LogP contribution in [0.25, 0.3) is 0 Å². The highest BCUT2D eigenvalue weighted by molar-refractivity contribution is 7.81. The highest BCUT2D eigenvalue weighted by atomic mass is 32.2.